The number of carboxylic acid groups (broad SMARTS) is 1. The number of amides is 1. The van der Waals surface area contributed by atoms with E-state index in [1.54, 1.807) is 0 Å². The molecule has 49 heavy (non-hydrogen) atoms. The molecule has 0 rings (SSSR count). The summed E-state index contributed by atoms with van der Waals surface area (Å²) >= 11 is 0. The quantitative estimate of drug-likeness (QED) is 0.0276. The number of hydrogen-bond acceptors (Lipinski definition) is 8. The van der Waals surface area contributed by atoms with Crippen molar-refractivity contribution < 1.29 is 47.8 Å². The summed E-state index contributed by atoms with van der Waals surface area (Å²) in [4.78, 5) is 45.2. The number of aliphatic hydroxyl groups is 1. The van der Waals surface area contributed by atoms with Crippen LogP contribution in [0.25, 0.3) is 0 Å². The van der Waals surface area contributed by atoms with Crippen molar-refractivity contribution in [3.05, 3.63) is 0 Å². The standard InChI is InChI=1S/C37H72NO10P/c1-3-5-7-9-10-11-12-13-14-15-16-17-18-19-20-21-22-23-24-25-27-29-36(41)46-30-33(39)31-47-49(44,45)48-32-34(37(42)43)38-35(40)28-26-8-6-4-2/h33-34,39H,3-32H2,1-2H3,(H,38,40)(H,42,43)(H,44,45). The molecule has 0 aromatic carbocycles. The molecule has 3 unspecified atom stereocenters. The summed E-state index contributed by atoms with van der Waals surface area (Å²) in [6.07, 6.45) is 29.5. The first kappa shape index (κ1) is 47.5. The monoisotopic (exact) mass is 721 g/mol. The van der Waals surface area contributed by atoms with Crippen LogP contribution in [0.4, 0.5) is 0 Å². The van der Waals surface area contributed by atoms with Gasteiger partial charge in [-0.05, 0) is 12.8 Å². The second kappa shape index (κ2) is 33.6. The van der Waals surface area contributed by atoms with Crippen LogP contribution in [-0.4, -0.2) is 64.9 Å². The van der Waals surface area contributed by atoms with Crippen LogP contribution < -0.4 is 5.32 Å². The average Bonchev–Trinajstić information content (AvgIpc) is 3.07. The zero-order valence-corrected chi connectivity index (χ0v) is 31.9. The Kier molecular flexibility index (Phi) is 32.6. The molecule has 0 spiro atoms. The first-order valence-electron chi connectivity index (χ1n) is 19.6. The third-order valence-electron chi connectivity index (χ3n) is 8.65. The van der Waals surface area contributed by atoms with E-state index in [0.29, 0.717) is 12.8 Å². The van der Waals surface area contributed by atoms with Crippen LogP contribution in [-0.2, 0) is 32.7 Å². The zero-order chi connectivity index (χ0) is 36.4. The van der Waals surface area contributed by atoms with Crippen molar-refractivity contribution in [2.75, 3.05) is 19.8 Å². The Morgan fingerprint density at radius 1 is 0.571 bits per heavy atom. The fraction of sp³-hybridized carbons (Fsp3) is 0.919. The summed E-state index contributed by atoms with van der Waals surface area (Å²) in [6.45, 7) is 2.43. The molecule has 0 aliphatic heterocycles. The van der Waals surface area contributed by atoms with Gasteiger partial charge in [0.2, 0.25) is 5.91 Å². The van der Waals surface area contributed by atoms with Crippen molar-refractivity contribution in [1.29, 1.82) is 0 Å². The Morgan fingerprint density at radius 3 is 1.37 bits per heavy atom. The third kappa shape index (κ3) is 33.4. The number of aliphatic hydroxyl groups excluding tert-OH is 1. The number of rotatable bonds is 37. The summed E-state index contributed by atoms with van der Waals surface area (Å²) < 4.78 is 26.5. The third-order valence-corrected chi connectivity index (χ3v) is 9.60. The molecular weight excluding hydrogens is 649 g/mol. The SMILES string of the molecule is CCCCCCCCCCCCCCCCCCCCCCCC(=O)OCC(O)COP(=O)(O)OCC(NC(=O)CCCCCC)C(=O)O. The van der Waals surface area contributed by atoms with E-state index in [9.17, 15) is 34.1 Å². The lowest BCUT2D eigenvalue weighted by molar-refractivity contribution is -0.147. The molecule has 1 amide bonds. The van der Waals surface area contributed by atoms with Gasteiger partial charge in [0.25, 0.3) is 0 Å². The van der Waals surface area contributed by atoms with Gasteiger partial charge in [0.1, 0.15) is 12.7 Å². The van der Waals surface area contributed by atoms with Crippen LogP contribution in [0.15, 0.2) is 0 Å². The Bertz CT molecular complexity index is 859. The van der Waals surface area contributed by atoms with Crippen LogP contribution in [0.2, 0.25) is 0 Å². The lowest BCUT2D eigenvalue weighted by Gasteiger charge is -2.18. The molecule has 0 heterocycles. The number of aliphatic carboxylic acids is 1. The van der Waals surface area contributed by atoms with Gasteiger partial charge in [0, 0.05) is 12.8 Å². The molecule has 0 saturated carbocycles. The van der Waals surface area contributed by atoms with E-state index < -0.39 is 57.6 Å². The molecule has 0 fully saturated rings. The fourth-order valence-corrected chi connectivity index (χ4v) is 6.32. The normalized spacial score (nSPS) is 13.9. The Hall–Kier alpha value is -1.52. The minimum Gasteiger partial charge on any atom is -0.480 e. The molecule has 0 bridgehead atoms. The molecule has 3 atom stereocenters. The molecule has 0 aliphatic carbocycles. The summed E-state index contributed by atoms with van der Waals surface area (Å²) in [6, 6.07) is -1.53. The van der Waals surface area contributed by atoms with E-state index in [1.807, 2.05) is 6.92 Å². The maximum absolute atomic E-state index is 12.1. The van der Waals surface area contributed by atoms with Gasteiger partial charge in [-0.1, -0.05) is 162 Å². The van der Waals surface area contributed by atoms with E-state index in [1.165, 1.54) is 109 Å². The van der Waals surface area contributed by atoms with Crippen molar-refractivity contribution in [3.63, 3.8) is 0 Å². The topological polar surface area (TPSA) is 169 Å². The molecule has 0 aromatic rings. The van der Waals surface area contributed by atoms with E-state index >= 15 is 0 Å². The number of phosphoric acid groups is 1. The highest BCUT2D eigenvalue weighted by molar-refractivity contribution is 7.47. The number of nitrogens with one attached hydrogen (secondary N) is 1. The van der Waals surface area contributed by atoms with Crippen LogP contribution in [0, 0.1) is 0 Å². The van der Waals surface area contributed by atoms with Crippen molar-refractivity contribution in [2.45, 2.75) is 199 Å². The predicted molar refractivity (Wildman–Crippen MR) is 194 cm³/mol. The van der Waals surface area contributed by atoms with Crippen molar-refractivity contribution in [1.82, 2.24) is 5.32 Å². The molecule has 0 radical (unpaired) electrons. The minimum atomic E-state index is -4.73. The molecule has 0 aliphatic rings. The Morgan fingerprint density at radius 2 is 0.939 bits per heavy atom. The van der Waals surface area contributed by atoms with Crippen LogP contribution in [0.1, 0.15) is 187 Å². The van der Waals surface area contributed by atoms with Gasteiger partial charge in [0.15, 0.2) is 6.04 Å². The van der Waals surface area contributed by atoms with Crippen molar-refractivity contribution >= 4 is 25.7 Å². The molecule has 12 heteroatoms. The predicted octanol–water partition coefficient (Wildman–Crippen LogP) is 9.17. The number of esters is 1. The van der Waals surface area contributed by atoms with Gasteiger partial charge in [-0.3, -0.25) is 18.6 Å². The summed E-state index contributed by atoms with van der Waals surface area (Å²) in [5, 5.41) is 21.5. The van der Waals surface area contributed by atoms with Gasteiger partial charge in [-0.2, -0.15) is 0 Å². The number of carbonyl (C=O) groups excluding carboxylic acids is 2. The highest BCUT2D eigenvalue weighted by Gasteiger charge is 2.28. The lowest BCUT2D eigenvalue weighted by atomic mass is 10.0. The number of phosphoric ester groups is 1. The smallest absolute Gasteiger partial charge is 0.472 e. The zero-order valence-electron chi connectivity index (χ0n) is 31.0. The maximum atomic E-state index is 12.1. The second-order valence-electron chi connectivity index (χ2n) is 13.5. The van der Waals surface area contributed by atoms with Gasteiger partial charge < -0.3 is 25.2 Å². The van der Waals surface area contributed by atoms with Crippen LogP contribution in [0.3, 0.4) is 0 Å². The van der Waals surface area contributed by atoms with Gasteiger partial charge >= 0.3 is 19.8 Å². The first-order valence-corrected chi connectivity index (χ1v) is 21.1. The Labute approximate surface area is 297 Å². The van der Waals surface area contributed by atoms with E-state index in [0.717, 1.165) is 38.5 Å². The Balaban J connectivity index is 3.71. The largest absolute Gasteiger partial charge is 0.480 e. The maximum Gasteiger partial charge on any atom is 0.472 e. The molecular formula is C37H72NO10P. The minimum absolute atomic E-state index is 0.140. The molecule has 0 aromatic heterocycles. The van der Waals surface area contributed by atoms with Crippen molar-refractivity contribution in [3.8, 4) is 0 Å². The lowest BCUT2D eigenvalue weighted by Crippen LogP contribution is -2.43. The van der Waals surface area contributed by atoms with Crippen molar-refractivity contribution in [2.24, 2.45) is 0 Å². The second-order valence-corrected chi connectivity index (χ2v) is 14.9. The average molecular weight is 722 g/mol. The van der Waals surface area contributed by atoms with E-state index in [4.69, 9.17) is 13.8 Å². The summed E-state index contributed by atoms with van der Waals surface area (Å²) in [5.41, 5.74) is 0. The molecule has 290 valence electrons. The highest BCUT2D eigenvalue weighted by Crippen LogP contribution is 2.43. The molecule has 11 nitrogen and oxygen atoms in total. The number of carbonyl (C=O) groups is 3. The summed E-state index contributed by atoms with van der Waals surface area (Å²) in [7, 11) is -4.73. The number of ether oxygens (including phenoxy) is 1. The molecule has 0 saturated heterocycles. The summed E-state index contributed by atoms with van der Waals surface area (Å²) in [5.74, 6) is -2.39. The fourth-order valence-electron chi connectivity index (χ4n) is 5.55. The number of carboxylic acids is 1. The van der Waals surface area contributed by atoms with E-state index in [-0.39, 0.29) is 12.8 Å². The highest BCUT2D eigenvalue weighted by atomic mass is 31.2. The van der Waals surface area contributed by atoms with Gasteiger partial charge in [-0.25, -0.2) is 9.36 Å². The van der Waals surface area contributed by atoms with Crippen LogP contribution >= 0.6 is 7.82 Å². The van der Waals surface area contributed by atoms with E-state index in [2.05, 4.69) is 12.2 Å². The number of unbranched alkanes of at least 4 members (excludes halogenated alkanes) is 23. The number of hydrogen-bond donors (Lipinski definition) is 4. The first-order chi connectivity index (χ1) is 23.6. The molecule has 4 N–H and O–H groups in total. The van der Waals surface area contributed by atoms with Gasteiger partial charge in [0.05, 0.1) is 13.2 Å². The van der Waals surface area contributed by atoms with Gasteiger partial charge in [-0.15, -0.1) is 0 Å². The van der Waals surface area contributed by atoms with Crippen LogP contribution in [0.5, 0.6) is 0 Å².